The largest absolute Gasteiger partial charge is 0.377 e. The van der Waals surface area contributed by atoms with Crippen molar-refractivity contribution < 1.29 is 13.2 Å². The highest BCUT2D eigenvalue weighted by Gasteiger charge is 2.57. The predicted octanol–water partition coefficient (Wildman–Crippen LogP) is 3.10. The molecule has 12 nitrogen and oxygen atoms in total. The summed E-state index contributed by atoms with van der Waals surface area (Å²) in [5.41, 5.74) is 4.03. The molecule has 0 radical (unpaired) electrons. The summed E-state index contributed by atoms with van der Waals surface area (Å²) < 4.78 is 26.9. The number of piperidine rings is 1. The number of benzene rings is 1. The zero-order valence-electron chi connectivity index (χ0n) is 24.3. The number of aryl methyl sites for hydroxylation is 2. The van der Waals surface area contributed by atoms with E-state index in [2.05, 4.69) is 31.5 Å². The maximum atomic E-state index is 13.6. The molecule has 14 heteroatoms. The number of carbonyl (C=O) groups is 1. The molecule has 4 heterocycles. The van der Waals surface area contributed by atoms with Crippen molar-refractivity contribution in [2.24, 2.45) is 18.9 Å². The molecule has 6 rings (SSSR count). The quantitative estimate of drug-likeness (QED) is 0.294. The number of hydrogen-bond donors (Lipinski definition) is 2. The van der Waals surface area contributed by atoms with Crippen LogP contribution in [-0.2, 0) is 17.1 Å². The van der Waals surface area contributed by atoms with Gasteiger partial charge in [0.1, 0.15) is 5.15 Å². The van der Waals surface area contributed by atoms with Crippen molar-refractivity contribution in [3.63, 3.8) is 0 Å². The maximum absolute atomic E-state index is 13.6. The number of hydrogen-bond acceptors (Lipinski definition) is 10. The van der Waals surface area contributed by atoms with Gasteiger partial charge in [0.25, 0.3) is 11.5 Å². The number of fused-ring (bicyclic) bond motifs is 2. The van der Waals surface area contributed by atoms with E-state index in [0.717, 1.165) is 41.9 Å². The minimum absolute atomic E-state index is 0.0352. The normalized spacial score (nSPS) is 20.1. The first kappa shape index (κ1) is 29.0. The van der Waals surface area contributed by atoms with Gasteiger partial charge in [-0.25, -0.2) is 23.1 Å². The number of nitrogens with one attached hydrogen (secondary N) is 2. The Morgan fingerprint density at radius 1 is 1.07 bits per heavy atom. The molecule has 2 N–H and O–H groups in total. The number of sulfonamides is 1. The summed E-state index contributed by atoms with van der Waals surface area (Å²) in [6.07, 6.45) is 0.883. The number of rotatable bonds is 7. The van der Waals surface area contributed by atoms with E-state index in [9.17, 15) is 18.0 Å². The summed E-state index contributed by atoms with van der Waals surface area (Å²) in [4.78, 5) is 37.6. The van der Waals surface area contributed by atoms with Crippen LogP contribution in [0.3, 0.4) is 0 Å². The van der Waals surface area contributed by atoms with E-state index in [-0.39, 0.29) is 22.1 Å². The lowest BCUT2D eigenvalue weighted by Gasteiger charge is -2.25. The standard InChI is InChI=1S/C29H31ClN8O4S/c1-14-10-17(16(3)31-22-8-9-23(30)32-26(22)27(39)36-43(5,41)42)25-18(11-14)28(40)37(4)29(33-25)38-12-19-20(13-38)24(19)21-7-6-15(2)34-35-21/h6-11,16,19-20,24,31H,12-13H2,1-5H3,(H,36,39)/t16-,19-,20+,24?/m1/s1. The third kappa shape index (κ3) is 5.54. The maximum Gasteiger partial charge on any atom is 0.285 e. The van der Waals surface area contributed by atoms with Crippen LogP contribution in [0.2, 0.25) is 5.15 Å². The van der Waals surface area contributed by atoms with Crippen LogP contribution in [0.15, 0.2) is 41.2 Å². The number of aromatic nitrogens is 5. The predicted molar refractivity (Wildman–Crippen MR) is 164 cm³/mol. The Morgan fingerprint density at radius 2 is 1.79 bits per heavy atom. The van der Waals surface area contributed by atoms with Gasteiger partial charge in [-0.3, -0.25) is 14.2 Å². The topological polar surface area (TPSA) is 152 Å². The minimum atomic E-state index is -3.83. The van der Waals surface area contributed by atoms with E-state index in [1.807, 2.05) is 43.7 Å². The van der Waals surface area contributed by atoms with Gasteiger partial charge in [-0.2, -0.15) is 10.2 Å². The molecule has 1 amide bonds. The number of anilines is 2. The lowest BCUT2D eigenvalue weighted by Crippen LogP contribution is -2.32. The fourth-order valence-electron chi connectivity index (χ4n) is 6.12. The molecule has 224 valence electrons. The summed E-state index contributed by atoms with van der Waals surface area (Å²) in [6.45, 7) is 7.23. The van der Waals surface area contributed by atoms with Crippen LogP contribution in [0.1, 0.15) is 51.9 Å². The first-order chi connectivity index (χ1) is 20.3. The Balaban J connectivity index is 1.32. The molecule has 1 unspecified atom stereocenters. The Labute approximate surface area is 253 Å². The van der Waals surface area contributed by atoms with Crippen molar-refractivity contribution in [3.8, 4) is 0 Å². The van der Waals surface area contributed by atoms with Crippen LogP contribution in [-0.4, -0.2) is 58.4 Å². The second-order valence-electron chi connectivity index (χ2n) is 11.5. The van der Waals surface area contributed by atoms with Gasteiger partial charge < -0.3 is 10.2 Å². The van der Waals surface area contributed by atoms with Gasteiger partial charge in [-0.05, 0) is 68.5 Å². The van der Waals surface area contributed by atoms with E-state index in [4.69, 9.17) is 16.6 Å². The van der Waals surface area contributed by atoms with Gasteiger partial charge in [0.2, 0.25) is 16.0 Å². The highest BCUT2D eigenvalue weighted by molar-refractivity contribution is 7.89. The highest BCUT2D eigenvalue weighted by atomic mass is 35.5. The van der Waals surface area contributed by atoms with Crippen LogP contribution in [0.4, 0.5) is 11.6 Å². The summed E-state index contributed by atoms with van der Waals surface area (Å²) >= 11 is 6.03. The SMILES string of the molecule is Cc1cc([C@@H](C)Nc2ccc(Cl)nc2C(=O)NS(C)(=O)=O)c2nc(N3C[C@@H]4C(c5ccc(C)nn5)[C@@H]4C3)n(C)c(=O)c2c1. The fourth-order valence-corrected chi connectivity index (χ4v) is 6.70. The monoisotopic (exact) mass is 622 g/mol. The summed E-state index contributed by atoms with van der Waals surface area (Å²) in [6, 6.07) is 10.4. The van der Waals surface area contributed by atoms with Crippen molar-refractivity contribution in [2.75, 3.05) is 29.6 Å². The van der Waals surface area contributed by atoms with Crippen LogP contribution in [0.5, 0.6) is 0 Å². The Morgan fingerprint density at radius 3 is 2.44 bits per heavy atom. The van der Waals surface area contributed by atoms with Crippen molar-refractivity contribution in [1.29, 1.82) is 0 Å². The van der Waals surface area contributed by atoms with Crippen molar-refractivity contribution >= 4 is 50.1 Å². The number of halogens is 1. The van der Waals surface area contributed by atoms with E-state index in [1.165, 1.54) is 6.07 Å². The first-order valence-corrected chi connectivity index (χ1v) is 16.1. The van der Waals surface area contributed by atoms with Gasteiger partial charge in [0.05, 0.1) is 40.3 Å². The zero-order chi connectivity index (χ0) is 30.8. The van der Waals surface area contributed by atoms with Crippen molar-refractivity contribution in [2.45, 2.75) is 32.7 Å². The smallest absolute Gasteiger partial charge is 0.285 e. The molecular weight excluding hydrogens is 592 g/mol. The zero-order valence-corrected chi connectivity index (χ0v) is 25.9. The van der Waals surface area contributed by atoms with Gasteiger partial charge in [-0.1, -0.05) is 17.7 Å². The summed E-state index contributed by atoms with van der Waals surface area (Å²) in [7, 11) is -2.09. The van der Waals surface area contributed by atoms with E-state index in [1.54, 1.807) is 17.7 Å². The lowest BCUT2D eigenvalue weighted by atomic mass is 10.0. The average molecular weight is 623 g/mol. The van der Waals surface area contributed by atoms with Crippen LogP contribution in [0.25, 0.3) is 10.9 Å². The Bertz CT molecular complexity index is 1940. The van der Waals surface area contributed by atoms with Crippen LogP contribution >= 0.6 is 11.6 Å². The van der Waals surface area contributed by atoms with E-state index < -0.39 is 22.0 Å². The number of nitrogens with zero attached hydrogens (tertiary/aromatic N) is 6. The minimum Gasteiger partial charge on any atom is -0.377 e. The molecule has 1 saturated heterocycles. The van der Waals surface area contributed by atoms with Gasteiger partial charge in [-0.15, -0.1) is 0 Å². The molecule has 0 bridgehead atoms. The third-order valence-electron chi connectivity index (χ3n) is 8.16. The Hall–Kier alpha value is -4.10. The van der Waals surface area contributed by atoms with Crippen molar-refractivity contribution in [3.05, 3.63) is 80.1 Å². The molecule has 4 atom stereocenters. The Kier molecular flexibility index (Phi) is 7.12. The molecule has 4 aromatic rings. The highest BCUT2D eigenvalue weighted by Crippen LogP contribution is 2.58. The molecule has 0 spiro atoms. The van der Waals surface area contributed by atoms with Gasteiger partial charge in [0, 0.05) is 31.6 Å². The van der Waals surface area contributed by atoms with Crippen LogP contribution < -0.4 is 20.5 Å². The van der Waals surface area contributed by atoms with Gasteiger partial charge in [0.15, 0.2) is 5.69 Å². The molecule has 43 heavy (non-hydrogen) atoms. The molecule has 3 aromatic heterocycles. The summed E-state index contributed by atoms with van der Waals surface area (Å²) in [5.74, 6) is 0.905. The van der Waals surface area contributed by atoms with Crippen molar-refractivity contribution in [1.82, 2.24) is 29.5 Å². The molecule has 1 saturated carbocycles. The molecule has 1 aliphatic heterocycles. The second-order valence-corrected chi connectivity index (χ2v) is 13.6. The van der Waals surface area contributed by atoms with Gasteiger partial charge >= 0.3 is 0 Å². The fraction of sp³-hybridized carbons (Fsp3) is 0.379. The molecule has 1 aliphatic carbocycles. The number of amides is 1. The average Bonchev–Trinajstić information content (AvgIpc) is 3.43. The van der Waals surface area contributed by atoms with E-state index in [0.29, 0.717) is 34.6 Å². The number of pyridine rings is 1. The third-order valence-corrected chi connectivity index (χ3v) is 8.93. The first-order valence-electron chi connectivity index (χ1n) is 13.8. The van der Waals surface area contributed by atoms with Crippen LogP contribution in [0, 0.1) is 25.7 Å². The molecule has 1 aromatic carbocycles. The lowest BCUT2D eigenvalue weighted by molar-refractivity contribution is 0.0977. The summed E-state index contributed by atoms with van der Waals surface area (Å²) in [5, 5.41) is 12.4. The molecule has 2 aliphatic rings. The number of carbonyl (C=O) groups excluding carboxylic acids is 1. The molecular formula is C29H31ClN8O4S. The molecule has 2 fully saturated rings. The van der Waals surface area contributed by atoms with E-state index >= 15 is 0 Å². The second kappa shape index (κ2) is 10.6.